The van der Waals surface area contributed by atoms with Crippen molar-refractivity contribution in [3.05, 3.63) is 35.4 Å². The lowest BCUT2D eigenvalue weighted by atomic mass is 10.0. The van der Waals surface area contributed by atoms with Gasteiger partial charge in [0.1, 0.15) is 11.6 Å². The van der Waals surface area contributed by atoms with Crippen LogP contribution in [0.1, 0.15) is 37.8 Å². The number of aliphatic hydroxyl groups excluding tert-OH is 1. The lowest BCUT2D eigenvalue weighted by Gasteiger charge is -2.19. The molecular weight excluding hydrogens is 224 g/mol. The Morgan fingerprint density at radius 1 is 1.35 bits per heavy atom. The quantitative estimate of drug-likeness (QED) is 0.722. The van der Waals surface area contributed by atoms with Crippen LogP contribution in [0.2, 0.25) is 0 Å². The molecule has 0 amide bonds. The van der Waals surface area contributed by atoms with Gasteiger partial charge in [-0.15, -0.1) is 0 Å². The van der Waals surface area contributed by atoms with Crippen molar-refractivity contribution in [2.75, 3.05) is 13.2 Å². The van der Waals surface area contributed by atoms with Crippen LogP contribution in [0, 0.1) is 11.6 Å². The maximum atomic E-state index is 13.6. The largest absolute Gasteiger partial charge is 0.396 e. The van der Waals surface area contributed by atoms with Crippen LogP contribution in [0.25, 0.3) is 0 Å². The van der Waals surface area contributed by atoms with Gasteiger partial charge in [-0.25, -0.2) is 8.78 Å². The molecule has 0 saturated heterocycles. The minimum atomic E-state index is -0.558. The lowest BCUT2D eigenvalue weighted by molar-refractivity contribution is 0.282. The molecule has 1 rings (SSSR count). The van der Waals surface area contributed by atoms with Gasteiger partial charge in [-0.1, -0.05) is 19.4 Å². The van der Waals surface area contributed by atoms with E-state index in [1.165, 1.54) is 12.1 Å². The minimum absolute atomic E-state index is 0.109. The summed E-state index contributed by atoms with van der Waals surface area (Å²) in [5.41, 5.74) is 0.492. The standard InChI is InChI=1S/C13H19F2NO/c1-2-4-13(16-7-3-8-17)11-6-5-10(14)9-12(11)15/h5-6,9,13,16-17H,2-4,7-8H2,1H3. The van der Waals surface area contributed by atoms with Crippen molar-refractivity contribution in [1.82, 2.24) is 5.32 Å². The molecule has 1 unspecified atom stereocenters. The van der Waals surface area contributed by atoms with Crippen molar-refractivity contribution in [3.8, 4) is 0 Å². The molecule has 0 aromatic heterocycles. The summed E-state index contributed by atoms with van der Waals surface area (Å²) in [5.74, 6) is -1.07. The highest BCUT2D eigenvalue weighted by Crippen LogP contribution is 2.22. The maximum Gasteiger partial charge on any atom is 0.130 e. The van der Waals surface area contributed by atoms with Crippen molar-refractivity contribution >= 4 is 0 Å². The Morgan fingerprint density at radius 2 is 2.12 bits per heavy atom. The van der Waals surface area contributed by atoms with Gasteiger partial charge in [-0.05, 0) is 25.5 Å². The SMILES string of the molecule is CCCC(NCCCO)c1ccc(F)cc1F. The molecule has 0 fully saturated rings. The number of rotatable bonds is 7. The molecule has 0 radical (unpaired) electrons. The molecule has 0 spiro atoms. The third-order valence-electron chi connectivity index (χ3n) is 2.64. The van der Waals surface area contributed by atoms with Gasteiger partial charge in [0.05, 0.1) is 0 Å². The summed E-state index contributed by atoms with van der Waals surface area (Å²) in [6.07, 6.45) is 2.32. The van der Waals surface area contributed by atoms with E-state index in [0.29, 0.717) is 18.5 Å². The summed E-state index contributed by atoms with van der Waals surface area (Å²) < 4.78 is 26.4. The molecule has 1 atom stereocenters. The van der Waals surface area contributed by atoms with Gasteiger partial charge in [0.25, 0.3) is 0 Å². The molecule has 0 saturated carbocycles. The third-order valence-corrected chi connectivity index (χ3v) is 2.64. The van der Waals surface area contributed by atoms with E-state index in [4.69, 9.17) is 5.11 Å². The molecule has 0 bridgehead atoms. The molecule has 96 valence electrons. The monoisotopic (exact) mass is 243 g/mol. The lowest BCUT2D eigenvalue weighted by Crippen LogP contribution is -2.24. The van der Waals surface area contributed by atoms with Crippen LogP contribution in [0.15, 0.2) is 18.2 Å². The fourth-order valence-electron chi connectivity index (χ4n) is 1.80. The first-order valence-electron chi connectivity index (χ1n) is 5.98. The minimum Gasteiger partial charge on any atom is -0.396 e. The molecule has 2 N–H and O–H groups in total. The normalized spacial score (nSPS) is 12.7. The van der Waals surface area contributed by atoms with E-state index < -0.39 is 11.6 Å². The van der Waals surface area contributed by atoms with Crippen molar-refractivity contribution in [2.45, 2.75) is 32.2 Å². The molecule has 0 aliphatic carbocycles. The van der Waals surface area contributed by atoms with Crippen LogP contribution in [0.4, 0.5) is 8.78 Å². The molecule has 0 aliphatic rings. The zero-order valence-corrected chi connectivity index (χ0v) is 10.0. The Labute approximate surface area is 101 Å². The fourth-order valence-corrected chi connectivity index (χ4v) is 1.80. The van der Waals surface area contributed by atoms with Gasteiger partial charge in [0.2, 0.25) is 0 Å². The van der Waals surface area contributed by atoms with E-state index in [9.17, 15) is 8.78 Å². The number of aliphatic hydroxyl groups is 1. The van der Waals surface area contributed by atoms with Crippen molar-refractivity contribution < 1.29 is 13.9 Å². The van der Waals surface area contributed by atoms with Gasteiger partial charge in [-0.3, -0.25) is 0 Å². The first-order valence-corrected chi connectivity index (χ1v) is 5.98. The van der Waals surface area contributed by atoms with Crippen LogP contribution in [0.5, 0.6) is 0 Å². The second-order valence-corrected chi connectivity index (χ2v) is 4.04. The van der Waals surface area contributed by atoms with Gasteiger partial charge >= 0.3 is 0 Å². The smallest absolute Gasteiger partial charge is 0.130 e. The van der Waals surface area contributed by atoms with Crippen LogP contribution >= 0.6 is 0 Å². The van der Waals surface area contributed by atoms with E-state index in [0.717, 1.165) is 18.9 Å². The highest BCUT2D eigenvalue weighted by molar-refractivity contribution is 5.22. The molecule has 1 aromatic carbocycles. The number of nitrogens with one attached hydrogen (secondary N) is 1. The highest BCUT2D eigenvalue weighted by Gasteiger charge is 2.14. The molecule has 2 nitrogen and oxygen atoms in total. The zero-order valence-electron chi connectivity index (χ0n) is 10.0. The molecule has 0 heterocycles. The van der Waals surface area contributed by atoms with E-state index >= 15 is 0 Å². The van der Waals surface area contributed by atoms with E-state index in [-0.39, 0.29) is 12.6 Å². The molecule has 4 heteroatoms. The Balaban J connectivity index is 2.74. The summed E-state index contributed by atoms with van der Waals surface area (Å²) in [5, 5.41) is 11.9. The number of hydrogen-bond acceptors (Lipinski definition) is 2. The third kappa shape index (κ3) is 4.40. The van der Waals surface area contributed by atoms with Gasteiger partial charge < -0.3 is 10.4 Å². The molecule has 17 heavy (non-hydrogen) atoms. The predicted octanol–water partition coefficient (Wildman–Crippen LogP) is 2.78. The Bertz CT molecular complexity index is 344. The summed E-state index contributed by atoms with van der Waals surface area (Å²) >= 11 is 0. The summed E-state index contributed by atoms with van der Waals surface area (Å²) in [6, 6.07) is 3.55. The van der Waals surface area contributed by atoms with Crippen molar-refractivity contribution in [2.24, 2.45) is 0 Å². The van der Waals surface area contributed by atoms with Crippen molar-refractivity contribution in [1.29, 1.82) is 0 Å². The average Bonchev–Trinajstić information content (AvgIpc) is 2.28. The maximum absolute atomic E-state index is 13.6. The molecular formula is C13H19F2NO. The van der Waals surface area contributed by atoms with Gasteiger partial charge in [-0.2, -0.15) is 0 Å². The predicted molar refractivity (Wildman–Crippen MR) is 63.7 cm³/mol. The van der Waals surface area contributed by atoms with Crippen molar-refractivity contribution in [3.63, 3.8) is 0 Å². The van der Waals surface area contributed by atoms with Crippen LogP contribution in [0.3, 0.4) is 0 Å². The second kappa shape index (κ2) is 7.35. The fraction of sp³-hybridized carbons (Fsp3) is 0.538. The summed E-state index contributed by atoms with van der Waals surface area (Å²) in [6.45, 7) is 2.75. The van der Waals surface area contributed by atoms with Gasteiger partial charge in [0, 0.05) is 24.3 Å². The van der Waals surface area contributed by atoms with Crippen LogP contribution < -0.4 is 5.32 Å². The number of hydrogen-bond donors (Lipinski definition) is 2. The van der Waals surface area contributed by atoms with Crippen LogP contribution in [-0.4, -0.2) is 18.3 Å². The van der Waals surface area contributed by atoms with E-state index in [1.54, 1.807) is 0 Å². The second-order valence-electron chi connectivity index (χ2n) is 4.04. The summed E-state index contributed by atoms with van der Waals surface area (Å²) in [4.78, 5) is 0. The summed E-state index contributed by atoms with van der Waals surface area (Å²) in [7, 11) is 0. The van der Waals surface area contributed by atoms with Gasteiger partial charge in [0.15, 0.2) is 0 Å². The Morgan fingerprint density at radius 3 is 2.71 bits per heavy atom. The molecule has 0 aliphatic heterocycles. The molecule has 1 aromatic rings. The zero-order chi connectivity index (χ0) is 12.7. The first-order chi connectivity index (χ1) is 8.19. The van der Waals surface area contributed by atoms with Crippen LogP contribution in [-0.2, 0) is 0 Å². The Hall–Kier alpha value is -1.00. The number of halogens is 2. The highest BCUT2D eigenvalue weighted by atomic mass is 19.1. The van der Waals surface area contributed by atoms with E-state index in [2.05, 4.69) is 5.32 Å². The topological polar surface area (TPSA) is 32.3 Å². The number of benzene rings is 1. The van der Waals surface area contributed by atoms with E-state index in [1.807, 2.05) is 6.92 Å². The Kier molecular flexibility index (Phi) is 6.08. The first kappa shape index (κ1) is 14.1. The average molecular weight is 243 g/mol.